The fourth-order valence-corrected chi connectivity index (χ4v) is 3.37. The van der Waals surface area contributed by atoms with Crippen LogP contribution in [-0.2, 0) is 9.47 Å². The summed E-state index contributed by atoms with van der Waals surface area (Å²) in [6.45, 7) is 3.04. The van der Waals surface area contributed by atoms with Gasteiger partial charge in [0.05, 0.1) is 13.2 Å². The van der Waals surface area contributed by atoms with E-state index in [1.54, 1.807) is 0 Å². The van der Waals surface area contributed by atoms with Crippen molar-refractivity contribution in [3.8, 4) is 0 Å². The minimum Gasteiger partial charge on any atom is -0.388 e. The first kappa shape index (κ1) is 24.6. The van der Waals surface area contributed by atoms with Crippen LogP contribution >= 0.6 is 0 Å². The highest BCUT2D eigenvalue weighted by Gasteiger charge is 2.39. The Bertz CT molecular complexity index is 361. The zero-order valence-electron chi connectivity index (χ0n) is 17.2. The summed E-state index contributed by atoms with van der Waals surface area (Å²) in [5.41, 5.74) is 0. The van der Waals surface area contributed by atoms with Gasteiger partial charge in [-0.25, -0.2) is 0 Å². The topological polar surface area (TPSA) is 79.2 Å². The van der Waals surface area contributed by atoms with Crippen LogP contribution in [0.3, 0.4) is 0 Å². The first-order valence-corrected chi connectivity index (χ1v) is 11.0. The Morgan fingerprint density at radius 3 is 2.11 bits per heavy atom. The second kappa shape index (κ2) is 16.5. The molecule has 1 saturated heterocycles. The lowest BCUT2D eigenvalue weighted by molar-refractivity contribution is -0.0813. The van der Waals surface area contributed by atoms with Gasteiger partial charge >= 0.3 is 0 Å². The van der Waals surface area contributed by atoms with Crippen molar-refractivity contribution in [3.05, 3.63) is 12.2 Å². The van der Waals surface area contributed by atoms with Gasteiger partial charge in [0, 0.05) is 6.61 Å². The molecule has 0 aromatic carbocycles. The Morgan fingerprint density at radius 1 is 0.926 bits per heavy atom. The molecule has 0 aromatic rings. The fourth-order valence-electron chi connectivity index (χ4n) is 3.37. The van der Waals surface area contributed by atoms with Gasteiger partial charge in [0.25, 0.3) is 0 Å². The summed E-state index contributed by atoms with van der Waals surface area (Å²) >= 11 is 0. The molecule has 0 radical (unpaired) electrons. The van der Waals surface area contributed by atoms with Gasteiger partial charge in [-0.15, -0.1) is 0 Å². The van der Waals surface area contributed by atoms with Crippen LogP contribution in [0.15, 0.2) is 12.2 Å². The highest BCUT2D eigenvalue weighted by atomic mass is 16.5. The van der Waals surface area contributed by atoms with Gasteiger partial charge in [0.1, 0.15) is 24.4 Å². The predicted octanol–water partition coefficient (Wildman–Crippen LogP) is 3.74. The molecule has 1 aliphatic heterocycles. The molecular weight excluding hydrogens is 344 g/mol. The van der Waals surface area contributed by atoms with Gasteiger partial charge in [-0.2, -0.15) is 0 Å². The average Bonchev–Trinajstić information content (AvgIpc) is 3.00. The molecule has 4 atom stereocenters. The molecule has 0 unspecified atom stereocenters. The van der Waals surface area contributed by atoms with Crippen LogP contribution in [0.1, 0.15) is 84.0 Å². The molecule has 0 bridgehead atoms. The van der Waals surface area contributed by atoms with E-state index in [9.17, 15) is 15.3 Å². The zero-order valence-corrected chi connectivity index (χ0v) is 17.2. The smallest absolute Gasteiger partial charge is 0.114 e. The van der Waals surface area contributed by atoms with Gasteiger partial charge in [-0.05, 0) is 25.7 Å². The Hall–Kier alpha value is -0.460. The first-order valence-electron chi connectivity index (χ1n) is 11.0. The third kappa shape index (κ3) is 11.9. The van der Waals surface area contributed by atoms with Crippen LogP contribution in [0.25, 0.3) is 0 Å². The number of rotatable bonds is 17. The van der Waals surface area contributed by atoms with E-state index in [0.29, 0.717) is 6.61 Å². The van der Waals surface area contributed by atoms with Crippen LogP contribution in [-0.4, -0.2) is 59.6 Å². The molecule has 1 heterocycles. The van der Waals surface area contributed by atoms with Crippen molar-refractivity contribution in [2.24, 2.45) is 0 Å². The largest absolute Gasteiger partial charge is 0.388 e. The predicted molar refractivity (Wildman–Crippen MR) is 109 cm³/mol. The quantitative estimate of drug-likeness (QED) is 0.262. The summed E-state index contributed by atoms with van der Waals surface area (Å²) < 4.78 is 10.7. The lowest BCUT2D eigenvalue weighted by Crippen LogP contribution is -2.40. The van der Waals surface area contributed by atoms with Crippen molar-refractivity contribution in [2.45, 2.75) is 108 Å². The minimum absolute atomic E-state index is 0.0684. The normalized spacial score (nSPS) is 24.1. The average molecular weight is 387 g/mol. The molecule has 3 N–H and O–H groups in total. The maximum Gasteiger partial charge on any atom is 0.114 e. The molecule has 0 saturated carbocycles. The summed E-state index contributed by atoms with van der Waals surface area (Å²) in [5.74, 6) is 0. The van der Waals surface area contributed by atoms with Crippen molar-refractivity contribution in [1.82, 2.24) is 0 Å². The Balaban J connectivity index is 1.79. The van der Waals surface area contributed by atoms with Gasteiger partial charge in [-0.1, -0.05) is 70.4 Å². The Labute approximate surface area is 165 Å². The number of aliphatic hydroxyl groups excluding tert-OH is 3. The van der Waals surface area contributed by atoms with E-state index in [1.807, 2.05) is 0 Å². The molecule has 0 aromatic heterocycles. The lowest BCUT2D eigenvalue weighted by Gasteiger charge is -2.20. The molecule has 5 nitrogen and oxygen atoms in total. The molecule has 27 heavy (non-hydrogen) atoms. The van der Waals surface area contributed by atoms with Crippen LogP contribution in [0.5, 0.6) is 0 Å². The molecule has 5 heteroatoms. The second-order valence-electron chi connectivity index (χ2n) is 7.73. The SMILES string of the molecule is CCC/C=C/CCCCCCCCCCCOC[C@@H](O)[C@H]1OC[C@H](O)[C@H]1O. The van der Waals surface area contributed by atoms with Crippen LogP contribution < -0.4 is 0 Å². The molecule has 0 aliphatic carbocycles. The number of hydrogen-bond donors (Lipinski definition) is 3. The van der Waals surface area contributed by atoms with E-state index >= 15 is 0 Å². The van der Waals surface area contributed by atoms with E-state index < -0.39 is 24.4 Å². The van der Waals surface area contributed by atoms with E-state index in [0.717, 1.165) is 12.8 Å². The number of ether oxygens (including phenoxy) is 2. The molecule has 0 spiro atoms. The van der Waals surface area contributed by atoms with Gasteiger partial charge < -0.3 is 24.8 Å². The molecule has 0 amide bonds. The van der Waals surface area contributed by atoms with Gasteiger partial charge in [-0.3, -0.25) is 0 Å². The monoisotopic (exact) mass is 386 g/mol. The summed E-state index contributed by atoms with van der Waals surface area (Å²) in [6, 6.07) is 0. The fraction of sp³-hybridized carbons (Fsp3) is 0.909. The Kier molecular flexibility index (Phi) is 15.0. The van der Waals surface area contributed by atoms with Gasteiger partial charge in [0.15, 0.2) is 0 Å². The van der Waals surface area contributed by atoms with E-state index in [1.165, 1.54) is 64.2 Å². The highest BCUT2D eigenvalue weighted by Crippen LogP contribution is 2.18. The number of hydrogen-bond acceptors (Lipinski definition) is 5. The van der Waals surface area contributed by atoms with Crippen molar-refractivity contribution in [3.63, 3.8) is 0 Å². The number of aliphatic hydroxyl groups is 3. The van der Waals surface area contributed by atoms with E-state index in [2.05, 4.69) is 19.1 Å². The van der Waals surface area contributed by atoms with Crippen LogP contribution in [0, 0.1) is 0 Å². The van der Waals surface area contributed by atoms with E-state index in [4.69, 9.17) is 9.47 Å². The molecule has 1 fully saturated rings. The third-order valence-electron chi connectivity index (χ3n) is 5.14. The van der Waals surface area contributed by atoms with Crippen LogP contribution in [0.4, 0.5) is 0 Å². The maximum absolute atomic E-state index is 9.93. The summed E-state index contributed by atoms with van der Waals surface area (Å²) in [6.07, 6.45) is 16.1. The highest BCUT2D eigenvalue weighted by molar-refractivity contribution is 4.87. The summed E-state index contributed by atoms with van der Waals surface area (Å²) in [7, 11) is 0. The standard InChI is InChI=1S/C22H42O5/c1-2-3-4-5-6-7-8-9-10-11-12-13-14-15-16-26-17-20(24)22-21(25)19(23)18-27-22/h4-5,19-25H,2-3,6-18H2,1H3/b5-4+/t19-,20+,21+,22+/m0/s1. The van der Waals surface area contributed by atoms with Crippen molar-refractivity contribution in [1.29, 1.82) is 0 Å². The number of unbranched alkanes of at least 4 members (excludes halogenated alkanes) is 10. The first-order chi connectivity index (χ1) is 13.2. The van der Waals surface area contributed by atoms with Gasteiger partial charge in [0.2, 0.25) is 0 Å². The molecule has 1 aliphatic rings. The molecule has 160 valence electrons. The summed E-state index contributed by atoms with van der Waals surface area (Å²) in [5, 5.41) is 29.0. The Morgan fingerprint density at radius 2 is 1.52 bits per heavy atom. The van der Waals surface area contributed by atoms with Crippen molar-refractivity contribution < 1.29 is 24.8 Å². The summed E-state index contributed by atoms with van der Waals surface area (Å²) in [4.78, 5) is 0. The van der Waals surface area contributed by atoms with E-state index in [-0.39, 0.29) is 13.2 Å². The molecule has 1 rings (SSSR count). The van der Waals surface area contributed by atoms with Crippen LogP contribution in [0.2, 0.25) is 0 Å². The maximum atomic E-state index is 9.93. The number of allylic oxidation sites excluding steroid dienone is 2. The van der Waals surface area contributed by atoms with Crippen molar-refractivity contribution >= 4 is 0 Å². The zero-order chi connectivity index (χ0) is 19.7. The lowest BCUT2D eigenvalue weighted by atomic mass is 10.1. The second-order valence-corrected chi connectivity index (χ2v) is 7.73. The molecular formula is C22H42O5. The third-order valence-corrected chi connectivity index (χ3v) is 5.14. The minimum atomic E-state index is -1.03. The van der Waals surface area contributed by atoms with Crippen molar-refractivity contribution in [2.75, 3.05) is 19.8 Å².